The van der Waals surface area contributed by atoms with Crippen LogP contribution in [-0.4, -0.2) is 16.0 Å². The van der Waals surface area contributed by atoms with Crippen molar-refractivity contribution in [2.45, 2.75) is 58.0 Å². The summed E-state index contributed by atoms with van der Waals surface area (Å²) in [7, 11) is 0. The number of hydrogen-bond acceptors (Lipinski definition) is 3. The molecule has 0 saturated heterocycles. The van der Waals surface area contributed by atoms with E-state index >= 15 is 0 Å². The van der Waals surface area contributed by atoms with Crippen molar-refractivity contribution < 1.29 is 0 Å². The van der Waals surface area contributed by atoms with Gasteiger partial charge in [-0.05, 0) is 12.8 Å². The maximum atomic E-state index is 11.6. The highest BCUT2D eigenvalue weighted by molar-refractivity contribution is 5.07. The number of nitrogens with zero attached hydrogens (tertiary/aromatic N) is 1. The van der Waals surface area contributed by atoms with Crippen LogP contribution in [-0.2, 0) is 6.54 Å². The Balaban J connectivity index is 2.14. The van der Waals surface area contributed by atoms with Crippen LogP contribution in [0.25, 0.3) is 0 Å². The Morgan fingerprint density at radius 3 is 2.82 bits per heavy atom. The minimum Gasteiger partial charge on any atom is -0.310 e. The first-order valence-corrected chi connectivity index (χ1v) is 6.48. The Bertz CT molecular complexity index is 419. The minimum atomic E-state index is -0.0255. The van der Waals surface area contributed by atoms with Gasteiger partial charge in [-0.3, -0.25) is 4.79 Å². The molecule has 0 aliphatic heterocycles. The van der Waals surface area contributed by atoms with Crippen LogP contribution in [0.3, 0.4) is 0 Å². The molecule has 0 unspecified atom stereocenters. The van der Waals surface area contributed by atoms with Crippen molar-refractivity contribution in [2.24, 2.45) is 0 Å². The predicted molar refractivity (Wildman–Crippen MR) is 68.0 cm³/mol. The lowest BCUT2D eigenvalue weighted by molar-refractivity contribution is 0.572. The van der Waals surface area contributed by atoms with Gasteiger partial charge in [0.15, 0.2) is 0 Å². The number of H-pyrrole nitrogens is 1. The van der Waals surface area contributed by atoms with Crippen LogP contribution in [0.5, 0.6) is 0 Å². The summed E-state index contributed by atoms with van der Waals surface area (Å²) in [6.45, 7) is 4.84. The molecular formula is C13H21N3O. The number of aromatic nitrogens is 2. The van der Waals surface area contributed by atoms with Gasteiger partial charge < -0.3 is 10.3 Å². The van der Waals surface area contributed by atoms with E-state index in [0.717, 1.165) is 24.4 Å². The first-order chi connectivity index (χ1) is 8.15. The highest BCUT2D eigenvalue weighted by Gasteiger charge is 2.19. The highest BCUT2D eigenvalue weighted by atomic mass is 16.1. The van der Waals surface area contributed by atoms with Crippen LogP contribution in [0.15, 0.2) is 10.9 Å². The van der Waals surface area contributed by atoms with E-state index in [4.69, 9.17) is 0 Å². The van der Waals surface area contributed by atoms with Gasteiger partial charge in [0.25, 0.3) is 5.56 Å². The van der Waals surface area contributed by atoms with Gasteiger partial charge in [-0.2, -0.15) is 0 Å². The molecule has 1 aromatic heterocycles. The van der Waals surface area contributed by atoms with Crippen LogP contribution >= 0.6 is 0 Å². The van der Waals surface area contributed by atoms with Crippen molar-refractivity contribution in [1.29, 1.82) is 0 Å². The Morgan fingerprint density at radius 1 is 1.47 bits per heavy atom. The summed E-state index contributed by atoms with van der Waals surface area (Å²) in [6, 6.07) is 2.00. The van der Waals surface area contributed by atoms with E-state index in [0.29, 0.717) is 18.5 Å². The average Bonchev–Trinajstić information content (AvgIpc) is 2.79. The van der Waals surface area contributed by atoms with E-state index in [1.54, 1.807) is 6.07 Å². The SMILES string of the molecule is CC(C)NCc1cc(=O)[nH]c(C2CCCC2)n1. The lowest BCUT2D eigenvalue weighted by Gasteiger charge is -2.11. The molecule has 2 N–H and O–H groups in total. The van der Waals surface area contributed by atoms with Crippen LogP contribution in [0, 0.1) is 0 Å². The summed E-state index contributed by atoms with van der Waals surface area (Å²) in [5.41, 5.74) is 0.826. The average molecular weight is 235 g/mol. The molecule has 4 heteroatoms. The second kappa shape index (κ2) is 5.45. The van der Waals surface area contributed by atoms with Crippen molar-refractivity contribution in [3.05, 3.63) is 27.9 Å². The second-order valence-corrected chi connectivity index (χ2v) is 5.14. The molecule has 17 heavy (non-hydrogen) atoms. The predicted octanol–water partition coefficient (Wildman–Crippen LogP) is 1.93. The molecular weight excluding hydrogens is 214 g/mol. The lowest BCUT2D eigenvalue weighted by Crippen LogP contribution is -2.24. The Labute approximate surface area is 102 Å². The first-order valence-electron chi connectivity index (χ1n) is 6.48. The number of nitrogens with one attached hydrogen (secondary N) is 2. The fourth-order valence-corrected chi connectivity index (χ4v) is 2.32. The van der Waals surface area contributed by atoms with Gasteiger partial charge in [0.05, 0.1) is 5.69 Å². The smallest absolute Gasteiger partial charge is 0.251 e. The largest absolute Gasteiger partial charge is 0.310 e. The second-order valence-electron chi connectivity index (χ2n) is 5.14. The molecule has 0 radical (unpaired) electrons. The van der Waals surface area contributed by atoms with Crippen LogP contribution in [0.2, 0.25) is 0 Å². The van der Waals surface area contributed by atoms with Gasteiger partial charge in [0, 0.05) is 24.6 Å². The molecule has 0 spiro atoms. The fourth-order valence-electron chi connectivity index (χ4n) is 2.32. The molecule has 0 aromatic carbocycles. The van der Waals surface area contributed by atoms with E-state index in [1.807, 2.05) is 0 Å². The molecule has 0 bridgehead atoms. The summed E-state index contributed by atoms with van der Waals surface area (Å²) in [4.78, 5) is 19.0. The van der Waals surface area contributed by atoms with E-state index in [2.05, 4.69) is 29.1 Å². The van der Waals surface area contributed by atoms with Crippen LogP contribution in [0.4, 0.5) is 0 Å². The van der Waals surface area contributed by atoms with E-state index in [9.17, 15) is 4.79 Å². The fraction of sp³-hybridized carbons (Fsp3) is 0.692. The van der Waals surface area contributed by atoms with Crippen molar-refractivity contribution in [3.8, 4) is 0 Å². The van der Waals surface area contributed by atoms with E-state index in [-0.39, 0.29) is 5.56 Å². The van der Waals surface area contributed by atoms with Gasteiger partial charge in [0.1, 0.15) is 5.82 Å². The monoisotopic (exact) mass is 235 g/mol. The van der Waals surface area contributed by atoms with E-state index < -0.39 is 0 Å². The standard InChI is InChI=1S/C13H21N3O/c1-9(2)14-8-11-7-12(17)16-13(15-11)10-5-3-4-6-10/h7,9-10,14H,3-6,8H2,1-2H3,(H,15,16,17). The minimum absolute atomic E-state index is 0.0255. The summed E-state index contributed by atoms with van der Waals surface area (Å²) < 4.78 is 0. The maximum Gasteiger partial charge on any atom is 0.251 e. The Kier molecular flexibility index (Phi) is 3.94. The van der Waals surface area contributed by atoms with Gasteiger partial charge in [-0.1, -0.05) is 26.7 Å². The highest BCUT2D eigenvalue weighted by Crippen LogP contribution is 2.31. The molecule has 94 valence electrons. The van der Waals surface area contributed by atoms with Crippen molar-refractivity contribution >= 4 is 0 Å². The van der Waals surface area contributed by atoms with Crippen molar-refractivity contribution in [1.82, 2.24) is 15.3 Å². The Hall–Kier alpha value is -1.16. The first kappa shape index (κ1) is 12.3. The van der Waals surface area contributed by atoms with Crippen LogP contribution in [0.1, 0.15) is 57.0 Å². The normalized spacial score (nSPS) is 16.9. The van der Waals surface area contributed by atoms with Gasteiger partial charge in [0.2, 0.25) is 0 Å². The maximum absolute atomic E-state index is 11.6. The van der Waals surface area contributed by atoms with Gasteiger partial charge in [-0.25, -0.2) is 4.98 Å². The zero-order valence-electron chi connectivity index (χ0n) is 10.6. The summed E-state index contributed by atoms with van der Waals surface area (Å²) >= 11 is 0. The molecule has 1 aliphatic carbocycles. The van der Waals surface area contributed by atoms with E-state index in [1.165, 1.54) is 12.8 Å². The van der Waals surface area contributed by atoms with Crippen molar-refractivity contribution in [3.63, 3.8) is 0 Å². The third-order valence-electron chi connectivity index (χ3n) is 3.25. The summed E-state index contributed by atoms with van der Waals surface area (Å²) in [5.74, 6) is 1.34. The molecule has 1 fully saturated rings. The molecule has 1 saturated carbocycles. The van der Waals surface area contributed by atoms with Crippen LogP contribution < -0.4 is 10.9 Å². The topological polar surface area (TPSA) is 57.8 Å². The van der Waals surface area contributed by atoms with Gasteiger partial charge in [-0.15, -0.1) is 0 Å². The molecule has 1 aliphatic rings. The van der Waals surface area contributed by atoms with Gasteiger partial charge >= 0.3 is 0 Å². The molecule has 2 rings (SSSR count). The summed E-state index contributed by atoms with van der Waals surface area (Å²) in [5, 5.41) is 3.29. The zero-order valence-corrected chi connectivity index (χ0v) is 10.6. The lowest BCUT2D eigenvalue weighted by atomic mass is 10.1. The molecule has 0 atom stereocenters. The number of aromatic amines is 1. The summed E-state index contributed by atoms with van der Waals surface area (Å²) in [6.07, 6.45) is 4.82. The number of rotatable bonds is 4. The third kappa shape index (κ3) is 3.40. The molecule has 1 aromatic rings. The number of hydrogen-bond donors (Lipinski definition) is 2. The Morgan fingerprint density at radius 2 is 2.18 bits per heavy atom. The zero-order chi connectivity index (χ0) is 12.3. The molecule has 0 amide bonds. The molecule has 4 nitrogen and oxygen atoms in total. The van der Waals surface area contributed by atoms with Crippen molar-refractivity contribution in [2.75, 3.05) is 0 Å². The quantitative estimate of drug-likeness (QED) is 0.838. The molecule has 1 heterocycles. The third-order valence-corrected chi connectivity index (χ3v) is 3.25.